The van der Waals surface area contributed by atoms with Gasteiger partial charge in [0, 0.05) is 19.2 Å². The van der Waals surface area contributed by atoms with Crippen molar-refractivity contribution in [3.05, 3.63) is 0 Å². The number of nitrogens with one attached hydrogen (secondary N) is 1. The molecule has 1 atom stereocenters. The third-order valence-corrected chi connectivity index (χ3v) is 3.70. The van der Waals surface area contributed by atoms with Crippen LogP contribution in [0.5, 0.6) is 0 Å². The van der Waals surface area contributed by atoms with E-state index in [4.69, 9.17) is 4.74 Å². The van der Waals surface area contributed by atoms with Gasteiger partial charge in [0.25, 0.3) is 5.91 Å². The first-order valence-electron chi connectivity index (χ1n) is 6.95. The smallest absolute Gasteiger partial charge is 0.251 e. The fraction of sp³-hybridized carbons (Fsp3) is 0.923. The Morgan fingerprint density at radius 2 is 2.12 bits per heavy atom. The second kappa shape index (κ2) is 6.36. The predicted octanol–water partition coefficient (Wildman–Crippen LogP) is 1.16. The first kappa shape index (κ1) is 12.8. The maximum absolute atomic E-state index is 12.4. The number of piperidine rings is 1. The largest absolute Gasteiger partial charge is 0.368 e. The van der Waals surface area contributed by atoms with Gasteiger partial charge in [0.05, 0.1) is 0 Å². The van der Waals surface area contributed by atoms with Crippen LogP contribution in [-0.2, 0) is 9.53 Å². The van der Waals surface area contributed by atoms with Gasteiger partial charge < -0.3 is 15.0 Å². The molecule has 0 aromatic rings. The van der Waals surface area contributed by atoms with Gasteiger partial charge in [-0.3, -0.25) is 4.79 Å². The van der Waals surface area contributed by atoms with Crippen LogP contribution in [0.25, 0.3) is 0 Å². The summed E-state index contributed by atoms with van der Waals surface area (Å²) < 4.78 is 5.53. The molecular weight excluding hydrogens is 216 g/mol. The normalized spacial score (nSPS) is 26.1. The van der Waals surface area contributed by atoms with Crippen LogP contribution in [0.3, 0.4) is 0 Å². The van der Waals surface area contributed by atoms with Crippen molar-refractivity contribution in [3.8, 4) is 0 Å². The van der Waals surface area contributed by atoms with Crippen molar-refractivity contribution in [1.82, 2.24) is 10.2 Å². The first-order chi connectivity index (χ1) is 8.33. The molecule has 2 rings (SSSR count). The number of rotatable bonds is 4. The van der Waals surface area contributed by atoms with Gasteiger partial charge in [-0.15, -0.1) is 0 Å². The molecule has 0 aliphatic carbocycles. The maximum Gasteiger partial charge on any atom is 0.251 e. The SMILES string of the molecule is CCCN(C(=O)[C@@H]1CCCO1)C1CCNCC1. The van der Waals surface area contributed by atoms with Crippen LogP contribution in [0.2, 0.25) is 0 Å². The number of carbonyl (C=O) groups is 1. The Labute approximate surface area is 104 Å². The van der Waals surface area contributed by atoms with Gasteiger partial charge in [0.1, 0.15) is 6.10 Å². The summed E-state index contributed by atoms with van der Waals surface area (Å²) in [5.41, 5.74) is 0. The number of hydrogen-bond acceptors (Lipinski definition) is 3. The summed E-state index contributed by atoms with van der Waals surface area (Å²) >= 11 is 0. The molecule has 1 N–H and O–H groups in total. The number of nitrogens with zero attached hydrogens (tertiary/aromatic N) is 1. The minimum Gasteiger partial charge on any atom is -0.368 e. The highest BCUT2D eigenvalue weighted by Gasteiger charge is 2.32. The maximum atomic E-state index is 12.4. The number of carbonyl (C=O) groups excluding carboxylic acids is 1. The van der Waals surface area contributed by atoms with Crippen LogP contribution in [-0.4, -0.2) is 49.2 Å². The Morgan fingerprint density at radius 3 is 2.71 bits per heavy atom. The van der Waals surface area contributed by atoms with Crippen LogP contribution in [0.4, 0.5) is 0 Å². The van der Waals surface area contributed by atoms with Gasteiger partial charge >= 0.3 is 0 Å². The highest BCUT2D eigenvalue weighted by molar-refractivity contribution is 5.81. The summed E-state index contributed by atoms with van der Waals surface area (Å²) in [7, 11) is 0. The summed E-state index contributed by atoms with van der Waals surface area (Å²) in [5.74, 6) is 0.233. The minimum atomic E-state index is -0.156. The topological polar surface area (TPSA) is 41.6 Å². The van der Waals surface area contributed by atoms with E-state index in [1.165, 1.54) is 0 Å². The van der Waals surface area contributed by atoms with E-state index in [9.17, 15) is 4.79 Å². The lowest BCUT2D eigenvalue weighted by molar-refractivity contribution is -0.144. The fourth-order valence-electron chi connectivity index (χ4n) is 2.79. The number of hydrogen-bond donors (Lipinski definition) is 1. The summed E-state index contributed by atoms with van der Waals surface area (Å²) in [6.07, 6.45) is 4.97. The Balaban J connectivity index is 1.96. The highest BCUT2D eigenvalue weighted by Crippen LogP contribution is 2.19. The molecule has 1 amide bonds. The lowest BCUT2D eigenvalue weighted by Gasteiger charge is -2.35. The van der Waals surface area contributed by atoms with Crippen LogP contribution >= 0.6 is 0 Å². The molecule has 2 aliphatic rings. The molecule has 0 saturated carbocycles. The molecule has 4 heteroatoms. The van der Waals surface area contributed by atoms with Gasteiger partial charge in [0.2, 0.25) is 0 Å². The molecule has 0 radical (unpaired) electrons. The van der Waals surface area contributed by atoms with Gasteiger partial charge in [-0.1, -0.05) is 6.92 Å². The average molecular weight is 240 g/mol. The molecule has 17 heavy (non-hydrogen) atoms. The molecule has 0 bridgehead atoms. The van der Waals surface area contributed by atoms with Crippen molar-refractivity contribution in [3.63, 3.8) is 0 Å². The van der Waals surface area contributed by atoms with Crippen molar-refractivity contribution in [1.29, 1.82) is 0 Å². The lowest BCUT2D eigenvalue weighted by atomic mass is 10.0. The molecule has 2 heterocycles. The molecule has 98 valence electrons. The minimum absolute atomic E-state index is 0.156. The lowest BCUT2D eigenvalue weighted by Crippen LogP contribution is -2.49. The molecule has 0 unspecified atom stereocenters. The molecule has 2 saturated heterocycles. The molecule has 0 aromatic heterocycles. The van der Waals surface area contributed by atoms with E-state index in [2.05, 4.69) is 17.1 Å². The molecule has 2 aliphatic heterocycles. The van der Waals surface area contributed by atoms with Crippen molar-refractivity contribution in [2.75, 3.05) is 26.2 Å². The van der Waals surface area contributed by atoms with Crippen LogP contribution in [0, 0.1) is 0 Å². The Hall–Kier alpha value is -0.610. The van der Waals surface area contributed by atoms with Crippen LogP contribution < -0.4 is 5.32 Å². The highest BCUT2D eigenvalue weighted by atomic mass is 16.5. The molecule has 0 spiro atoms. The Morgan fingerprint density at radius 1 is 1.35 bits per heavy atom. The Bertz CT molecular complexity index is 246. The standard InChI is InChI=1S/C13H24N2O2/c1-2-9-15(11-5-7-14-8-6-11)13(16)12-4-3-10-17-12/h11-12,14H,2-10H2,1H3/t12-/m0/s1. The van der Waals surface area contributed by atoms with E-state index in [1.807, 2.05) is 0 Å². The van der Waals surface area contributed by atoms with Crippen LogP contribution in [0.1, 0.15) is 39.0 Å². The zero-order chi connectivity index (χ0) is 12.1. The average Bonchev–Trinajstić information content (AvgIpc) is 2.90. The van der Waals surface area contributed by atoms with Gasteiger partial charge in [0.15, 0.2) is 0 Å². The van der Waals surface area contributed by atoms with Crippen molar-refractivity contribution in [2.45, 2.75) is 51.2 Å². The molecular formula is C13H24N2O2. The van der Waals surface area contributed by atoms with Crippen LogP contribution in [0.15, 0.2) is 0 Å². The predicted molar refractivity (Wildman–Crippen MR) is 66.9 cm³/mol. The van der Waals surface area contributed by atoms with E-state index in [0.29, 0.717) is 6.04 Å². The second-order valence-electron chi connectivity index (χ2n) is 5.01. The fourth-order valence-corrected chi connectivity index (χ4v) is 2.79. The van der Waals surface area contributed by atoms with E-state index in [0.717, 1.165) is 58.3 Å². The first-order valence-corrected chi connectivity index (χ1v) is 6.95. The van der Waals surface area contributed by atoms with Gasteiger partial charge in [-0.05, 0) is 45.2 Å². The van der Waals surface area contributed by atoms with Gasteiger partial charge in [-0.2, -0.15) is 0 Å². The van der Waals surface area contributed by atoms with Crippen molar-refractivity contribution < 1.29 is 9.53 Å². The molecule has 4 nitrogen and oxygen atoms in total. The van der Waals surface area contributed by atoms with Gasteiger partial charge in [-0.25, -0.2) is 0 Å². The summed E-state index contributed by atoms with van der Waals surface area (Å²) in [4.78, 5) is 14.5. The Kier molecular flexibility index (Phi) is 4.80. The zero-order valence-electron chi connectivity index (χ0n) is 10.8. The van der Waals surface area contributed by atoms with Crippen molar-refractivity contribution in [2.24, 2.45) is 0 Å². The summed E-state index contributed by atoms with van der Waals surface area (Å²) in [6, 6.07) is 0.424. The third kappa shape index (κ3) is 3.19. The quantitative estimate of drug-likeness (QED) is 0.801. The number of amides is 1. The van der Waals surface area contributed by atoms with E-state index in [-0.39, 0.29) is 12.0 Å². The zero-order valence-corrected chi connectivity index (χ0v) is 10.8. The monoisotopic (exact) mass is 240 g/mol. The third-order valence-electron chi connectivity index (χ3n) is 3.70. The van der Waals surface area contributed by atoms with E-state index < -0.39 is 0 Å². The number of ether oxygens (including phenoxy) is 1. The van der Waals surface area contributed by atoms with Crippen molar-refractivity contribution >= 4 is 5.91 Å². The molecule has 2 fully saturated rings. The molecule has 0 aromatic carbocycles. The summed E-state index contributed by atoms with van der Waals surface area (Å²) in [5, 5.41) is 3.35. The van der Waals surface area contributed by atoms with E-state index in [1.54, 1.807) is 0 Å². The second-order valence-corrected chi connectivity index (χ2v) is 5.01. The van der Waals surface area contributed by atoms with E-state index >= 15 is 0 Å². The summed E-state index contributed by atoms with van der Waals surface area (Å²) in [6.45, 7) is 5.83.